The lowest BCUT2D eigenvalue weighted by Crippen LogP contribution is -2.45. The summed E-state index contributed by atoms with van der Waals surface area (Å²) in [6, 6.07) is 0. The first-order valence-corrected chi connectivity index (χ1v) is 8.03. The molecule has 2 aliphatic carbocycles. The van der Waals surface area contributed by atoms with Crippen molar-refractivity contribution in [1.82, 2.24) is 0 Å². The largest absolute Gasteiger partial charge is 0.350 e. The Morgan fingerprint density at radius 2 is 1.48 bits per heavy atom. The second-order valence-electron chi connectivity index (χ2n) is 8.14. The zero-order valence-corrected chi connectivity index (χ0v) is 15.5. The Kier molecular flexibility index (Phi) is 5.89. The van der Waals surface area contributed by atoms with Crippen LogP contribution in [0.4, 0.5) is 0 Å². The molecule has 1 saturated carbocycles. The van der Waals surface area contributed by atoms with E-state index in [1.165, 1.54) is 6.08 Å². The minimum atomic E-state index is -0.779. The number of ether oxygens (including phenoxy) is 1. The van der Waals surface area contributed by atoms with Crippen molar-refractivity contribution in [2.75, 3.05) is 0 Å². The van der Waals surface area contributed by atoms with E-state index in [-0.39, 0.29) is 23.1 Å². The zero-order valence-electron chi connectivity index (χ0n) is 15.5. The molecule has 7 heteroatoms. The number of epoxide rings is 1. The molecule has 1 heterocycles. The summed E-state index contributed by atoms with van der Waals surface area (Å²) < 4.78 is 5.13. The molecular formula is C18H26O7. The normalized spacial score (nSPS) is 31.7. The van der Waals surface area contributed by atoms with Gasteiger partial charge in [0.15, 0.2) is 34.8 Å². The number of rotatable bonds is 0. The third kappa shape index (κ3) is 4.11. The average molecular weight is 354 g/mol. The molecule has 0 aromatic heterocycles. The number of carbonyl (C=O) groups excluding carboxylic acids is 4. The van der Waals surface area contributed by atoms with Gasteiger partial charge in [-0.25, -0.2) is 0 Å². The number of hydrogen-bond donors (Lipinski definition) is 2. The third-order valence-corrected chi connectivity index (χ3v) is 4.75. The fourth-order valence-electron chi connectivity index (χ4n) is 3.44. The highest BCUT2D eigenvalue weighted by atomic mass is 17.0. The molecule has 3 rings (SSSR count). The Labute approximate surface area is 147 Å². The molecule has 2 unspecified atom stereocenters. The van der Waals surface area contributed by atoms with E-state index in [2.05, 4.69) is 0 Å². The van der Waals surface area contributed by atoms with Gasteiger partial charge in [0.1, 0.15) is 0 Å². The van der Waals surface area contributed by atoms with Crippen molar-refractivity contribution in [1.29, 1.82) is 0 Å². The van der Waals surface area contributed by atoms with Crippen LogP contribution in [-0.2, 0) is 23.9 Å². The zero-order chi connectivity index (χ0) is 19.8. The minimum Gasteiger partial charge on any atom is -0.350 e. The van der Waals surface area contributed by atoms with Gasteiger partial charge in [0, 0.05) is 23.7 Å². The Balaban J connectivity index is 0.000000229. The Morgan fingerprint density at radius 1 is 0.960 bits per heavy atom. The van der Waals surface area contributed by atoms with Crippen LogP contribution < -0.4 is 0 Å². The molecule has 3 aliphatic rings. The Morgan fingerprint density at radius 3 is 1.96 bits per heavy atom. The van der Waals surface area contributed by atoms with E-state index in [1.807, 2.05) is 13.8 Å². The monoisotopic (exact) mass is 354 g/mol. The molecule has 0 spiro atoms. The minimum absolute atomic E-state index is 0.0621. The number of allylic oxidation sites excluding steroid dienone is 2. The van der Waals surface area contributed by atoms with E-state index in [4.69, 9.17) is 15.3 Å². The first kappa shape index (κ1) is 21.3. The molecule has 0 amide bonds. The highest BCUT2D eigenvalue weighted by Crippen LogP contribution is 2.49. The predicted molar refractivity (Wildman–Crippen MR) is 89.1 cm³/mol. The van der Waals surface area contributed by atoms with Gasteiger partial charge in [-0.15, -0.1) is 0 Å². The predicted octanol–water partition coefficient (Wildman–Crippen LogP) is 2.23. The maximum absolute atomic E-state index is 11.7. The number of ketones is 4. The van der Waals surface area contributed by atoms with Crippen LogP contribution in [0.5, 0.6) is 0 Å². The van der Waals surface area contributed by atoms with Crippen LogP contribution in [0, 0.1) is 10.8 Å². The van der Waals surface area contributed by atoms with Crippen molar-refractivity contribution < 1.29 is 34.4 Å². The van der Waals surface area contributed by atoms with Gasteiger partial charge in [-0.2, -0.15) is 0 Å². The molecule has 25 heavy (non-hydrogen) atoms. The van der Waals surface area contributed by atoms with Crippen molar-refractivity contribution in [2.45, 2.75) is 66.1 Å². The highest BCUT2D eigenvalue weighted by Gasteiger charge is 2.68. The second-order valence-corrected chi connectivity index (χ2v) is 8.14. The molecule has 2 atom stereocenters. The van der Waals surface area contributed by atoms with E-state index in [1.54, 1.807) is 27.7 Å². The molecule has 0 aromatic carbocycles. The first-order valence-electron chi connectivity index (χ1n) is 8.03. The fraction of sp³-hybridized carbons (Fsp3) is 0.667. The molecular weight excluding hydrogens is 328 g/mol. The Hall–Kier alpha value is -1.70. The van der Waals surface area contributed by atoms with Gasteiger partial charge in [0.2, 0.25) is 0 Å². The van der Waals surface area contributed by atoms with Gasteiger partial charge in [0.05, 0.1) is 0 Å². The van der Waals surface area contributed by atoms with E-state index in [9.17, 15) is 19.2 Å². The van der Waals surface area contributed by atoms with Crippen LogP contribution in [0.2, 0.25) is 0 Å². The van der Waals surface area contributed by atoms with Crippen LogP contribution in [-0.4, -0.2) is 45.4 Å². The summed E-state index contributed by atoms with van der Waals surface area (Å²) in [5.74, 6) is 0.297. The molecule has 0 bridgehead atoms. The molecule has 0 aromatic rings. The first-order chi connectivity index (χ1) is 11.3. The summed E-state index contributed by atoms with van der Waals surface area (Å²) in [7, 11) is 0. The summed E-state index contributed by atoms with van der Waals surface area (Å²) in [6.07, 6.45) is 1.68. The summed E-state index contributed by atoms with van der Waals surface area (Å²) in [6.45, 7) is 10.6. The molecule has 2 N–H and O–H groups in total. The van der Waals surface area contributed by atoms with Crippen molar-refractivity contribution in [2.24, 2.45) is 10.8 Å². The molecule has 1 aliphatic heterocycles. The van der Waals surface area contributed by atoms with E-state index < -0.39 is 22.5 Å². The van der Waals surface area contributed by atoms with Crippen molar-refractivity contribution in [3.8, 4) is 0 Å². The van der Waals surface area contributed by atoms with Crippen LogP contribution in [0.25, 0.3) is 0 Å². The number of Topliss-reactive ketones (excluding diaryl/α,β-unsaturated/α-hetero) is 3. The molecule has 140 valence electrons. The van der Waals surface area contributed by atoms with Crippen molar-refractivity contribution >= 4 is 23.1 Å². The summed E-state index contributed by atoms with van der Waals surface area (Å²) in [5, 5.41) is 12.0. The van der Waals surface area contributed by atoms with Crippen LogP contribution in [0.3, 0.4) is 0 Å². The van der Waals surface area contributed by atoms with Crippen molar-refractivity contribution in [3.05, 3.63) is 11.6 Å². The number of fused-ring (bicyclic) bond motifs is 1. The van der Waals surface area contributed by atoms with E-state index >= 15 is 0 Å². The summed E-state index contributed by atoms with van der Waals surface area (Å²) >= 11 is 0. The SMILES string of the molecule is CC1(C)CC(=O)C2OC2(C)C1=O.CC1=CC(=O)CC(C)(C)C1=O.OO. The van der Waals surface area contributed by atoms with Gasteiger partial charge in [-0.05, 0) is 25.5 Å². The second kappa shape index (κ2) is 6.90. The lowest BCUT2D eigenvalue weighted by atomic mass is 9.71. The van der Waals surface area contributed by atoms with Gasteiger partial charge in [-0.1, -0.05) is 27.7 Å². The van der Waals surface area contributed by atoms with Crippen molar-refractivity contribution in [3.63, 3.8) is 0 Å². The quantitative estimate of drug-likeness (QED) is 0.388. The number of hydrogen-bond acceptors (Lipinski definition) is 7. The maximum atomic E-state index is 11.7. The molecule has 1 saturated heterocycles. The van der Waals surface area contributed by atoms with Gasteiger partial charge in [-0.3, -0.25) is 29.7 Å². The van der Waals surface area contributed by atoms with Gasteiger partial charge >= 0.3 is 0 Å². The lowest BCUT2D eigenvalue weighted by molar-refractivity contribution is -0.176. The Bertz CT molecular complexity index is 635. The number of carbonyl (C=O) groups is 4. The standard InChI is InChI=1S/C9H12O3.C9H12O2.H2O2/c1-8(2)4-5(10)6-9(3,12-6)7(8)11;1-6-4-7(10)5-9(2,3)8(6)11;1-2/h6H,4H2,1-3H3;4H,5H2,1-3H3;1-2H. The average Bonchev–Trinajstić information content (AvgIpc) is 3.19. The van der Waals surface area contributed by atoms with Crippen LogP contribution in [0.1, 0.15) is 54.4 Å². The fourth-order valence-corrected chi connectivity index (χ4v) is 3.44. The molecule has 7 nitrogen and oxygen atoms in total. The topological polar surface area (TPSA) is 121 Å². The lowest BCUT2D eigenvalue weighted by Gasteiger charge is -2.27. The van der Waals surface area contributed by atoms with E-state index in [0.717, 1.165) is 0 Å². The smallest absolute Gasteiger partial charge is 0.173 e. The maximum Gasteiger partial charge on any atom is 0.173 e. The molecule has 0 radical (unpaired) electrons. The summed E-state index contributed by atoms with van der Waals surface area (Å²) in [4.78, 5) is 45.4. The highest BCUT2D eigenvalue weighted by molar-refractivity contribution is 6.11. The van der Waals surface area contributed by atoms with Gasteiger partial charge < -0.3 is 4.74 Å². The summed E-state index contributed by atoms with van der Waals surface area (Å²) in [5.41, 5.74) is -1.20. The van der Waals surface area contributed by atoms with E-state index in [0.29, 0.717) is 18.4 Å². The third-order valence-electron chi connectivity index (χ3n) is 4.75. The van der Waals surface area contributed by atoms with Crippen LogP contribution in [0.15, 0.2) is 11.6 Å². The van der Waals surface area contributed by atoms with Gasteiger partial charge in [0.25, 0.3) is 0 Å². The van der Waals surface area contributed by atoms with Crippen LogP contribution >= 0.6 is 0 Å². The molecule has 2 fully saturated rings.